The van der Waals surface area contributed by atoms with E-state index in [0.717, 1.165) is 6.54 Å². The molecule has 1 aliphatic rings. The second-order valence-electron chi connectivity index (χ2n) is 3.94. The van der Waals surface area contributed by atoms with Crippen LogP contribution in [0.15, 0.2) is 0 Å². The molecule has 1 rings (SSSR count). The summed E-state index contributed by atoms with van der Waals surface area (Å²) in [6.07, 6.45) is 0.146. The summed E-state index contributed by atoms with van der Waals surface area (Å²) in [4.78, 5) is 13.5. The van der Waals surface area contributed by atoms with Gasteiger partial charge >= 0.3 is 0 Å². The van der Waals surface area contributed by atoms with Crippen molar-refractivity contribution in [2.24, 2.45) is 0 Å². The Hall–Kier alpha value is -0.650. The molecule has 5 heteroatoms. The summed E-state index contributed by atoms with van der Waals surface area (Å²) in [5.74, 6) is -0.0107. The molecule has 0 bridgehead atoms. The van der Waals surface area contributed by atoms with Crippen molar-refractivity contribution in [2.45, 2.75) is 18.6 Å². The number of nitrogens with zero attached hydrogens (tertiary/aromatic N) is 1. The van der Waals surface area contributed by atoms with Gasteiger partial charge in [-0.2, -0.15) is 0 Å². The van der Waals surface area contributed by atoms with Crippen LogP contribution < -0.4 is 10.6 Å². The normalized spacial score (nSPS) is 26.9. The van der Waals surface area contributed by atoms with Crippen molar-refractivity contribution >= 4 is 5.91 Å². The van der Waals surface area contributed by atoms with E-state index in [-0.39, 0.29) is 18.1 Å². The molecule has 1 fully saturated rings. The van der Waals surface area contributed by atoms with Gasteiger partial charge in [0.2, 0.25) is 5.91 Å². The summed E-state index contributed by atoms with van der Waals surface area (Å²) in [7, 11) is 3.92. The first-order valence-corrected chi connectivity index (χ1v) is 4.93. The van der Waals surface area contributed by atoms with Crippen LogP contribution in [0.3, 0.4) is 0 Å². The second kappa shape index (κ2) is 5.29. The smallest absolute Gasteiger partial charge is 0.237 e. The van der Waals surface area contributed by atoms with Gasteiger partial charge in [0.15, 0.2) is 0 Å². The fourth-order valence-corrected chi connectivity index (χ4v) is 1.44. The van der Waals surface area contributed by atoms with Gasteiger partial charge in [0.05, 0.1) is 12.1 Å². The number of likely N-dealkylation sites (N-methyl/N-ethyl adjacent to an activating group) is 1. The topological polar surface area (TPSA) is 64.6 Å². The van der Waals surface area contributed by atoms with E-state index < -0.39 is 0 Å². The van der Waals surface area contributed by atoms with E-state index in [1.165, 1.54) is 0 Å². The molecular weight excluding hydrogens is 182 g/mol. The summed E-state index contributed by atoms with van der Waals surface area (Å²) in [6.45, 7) is 2.01. The summed E-state index contributed by atoms with van der Waals surface area (Å²) in [5, 5.41) is 15.0. The molecule has 2 unspecified atom stereocenters. The molecule has 2 atom stereocenters. The zero-order valence-corrected chi connectivity index (χ0v) is 8.79. The number of β-amino-alcohol motifs (C(OH)–C–C–N with tert-alkyl or cyclic N) is 1. The Balaban J connectivity index is 2.15. The fourth-order valence-electron chi connectivity index (χ4n) is 1.44. The minimum Gasteiger partial charge on any atom is -0.392 e. The Morgan fingerprint density at radius 2 is 2.36 bits per heavy atom. The molecule has 0 aromatic heterocycles. The van der Waals surface area contributed by atoms with Crippen molar-refractivity contribution in [1.82, 2.24) is 15.5 Å². The average Bonchev–Trinajstić information content (AvgIpc) is 2.51. The molecule has 1 saturated heterocycles. The standard InChI is InChI=1S/C9H19N3O2/c1-12(2)4-3-10-9(14)8-5-7(13)6-11-8/h7-8,11,13H,3-6H2,1-2H3,(H,10,14). The first-order chi connectivity index (χ1) is 6.59. The maximum absolute atomic E-state index is 11.5. The van der Waals surface area contributed by atoms with E-state index >= 15 is 0 Å². The Morgan fingerprint density at radius 1 is 1.64 bits per heavy atom. The van der Waals surface area contributed by atoms with Gasteiger partial charge in [-0.05, 0) is 20.5 Å². The molecule has 1 aliphatic heterocycles. The second-order valence-corrected chi connectivity index (χ2v) is 3.94. The fraction of sp³-hybridized carbons (Fsp3) is 0.889. The number of aliphatic hydroxyl groups excluding tert-OH is 1. The highest BCUT2D eigenvalue weighted by molar-refractivity contribution is 5.82. The number of hydrogen-bond acceptors (Lipinski definition) is 4. The van der Waals surface area contributed by atoms with Gasteiger partial charge in [0.1, 0.15) is 0 Å². The highest BCUT2D eigenvalue weighted by Gasteiger charge is 2.27. The SMILES string of the molecule is CN(C)CCNC(=O)C1CC(O)CN1. The number of carbonyl (C=O) groups is 1. The number of carbonyl (C=O) groups excluding carboxylic acids is 1. The average molecular weight is 201 g/mol. The molecule has 0 aromatic carbocycles. The first-order valence-electron chi connectivity index (χ1n) is 4.93. The van der Waals surface area contributed by atoms with E-state index in [2.05, 4.69) is 10.6 Å². The lowest BCUT2D eigenvalue weighted by atomic mass is 10.2. The van der Waals surface area contributed by atoms with Crippen molar-refractivity contribution in [3.63, 3.8) is 0 Å². The maximum Gasteiger partial charge on any atom is 0.237 e. The predicted octanol–water partition coefficient (Wildman–Crippen LogP) is -1.61. The van der Waals surface area contributed by atoms with Crippen LogP contribution in [-0.2, 0) is 4.79 Å². The Bertz CT molecular complexity index is 196. The predicted molar refractivity (Wildman–Crippen MR) is 54.0 cm³/mol. The monoisotopic (exact) mass is 201 g/mol. The van der Waals surface area contributed by atoms with Crippen LogP contribution >= 0.6 is 0 Å². The molecular formula is C9H19N3O2. The van der Waals surface area contributed by atoms with Gasteiger partial charge < -0.3 is 20.6 Å². The third-order valence-corrected chi connectivity index (χ3v) is 2.28. The van der Waals surface area contributed by atoms with Crippen LogP contribution in [0, 0.1) is 0 Å². The third-order valence-electron chi connectivity index (χ3n) is 2.28. The summed E-state index contributed by atoms with van der Waals surface area (Å²) in [5.41, 5.74) is 0. The quantitative estimate of drug-likeness (QED) is 0.512. The van der Waals surface area contributed by atoms with E-state index in [1.54, 1.807) is 0 Å². The van der Waals surface area contributed by atoms with Crippen molar-refractivity contribution in [1.29, 1.82) is 0 Å². The maximum atomic E-state index is 11.5. The summed E-state index contributed by atoms with van der Waals surface area (Å²) < 4.78 is 0. The molecule has 1 amide bonds. The number of amides is 1. The Labute approximate surface area is 84.5 Å². The van der Waals surface area contributed by atoms with Gasteiger partial charge in [-0.15, -0.1) is 0 Å². The number of aliphatic hydroxyl groups is 1. The van der Waals surface area contributed by atoms with E-state index in [9.17, 15) is 9.90 Å². The minimum absolute atomic E-state index is 0.0107. The van der Waals surface area contributed by atoms with Crippen LogP contribution in [0.1, 0.15) is 6.42 Å². The molecule has 1 heterocycles. The lowest BCUT2D eigenvalue weighted by molar-refractivity contribution is -0.122. The van der Waals surface area contributed by atoms with Crippen molar-refractivity contribution in [2.75, 3.05) is 33.7 Å². The molecule has 0 radical (unpaired) electrons. The number of rotatable bonds is 4. The Morgan fingerprint density at radius 3 is 2.86 bits per heavy atom. The van der Waals surface area contributed by atoms with Gasteiger partial charge in [0, 0.05) is 19.6 Å². The van der Waals surface area contributed by atoms with Crippen LogP contribution in [0.4, 0.5) is 0 Å². The van der Waals surface area contributed by atoms with Crippen molar-refractivity contribution in [3.8, 4) is 0 Å². The number of nitrogens with one attached hydrogen (secondary N) is 2. The van der Waals surface area contributed by atoms with Crippen LogP contribution in [0.25, 0.3) is 0 Å². The molecule has 0 saturated carbocycles. The summed E-state index contributed by atoms with van der Waals surface area (Å²) >= 11 is 0. The van der Waals surface area contributed by atoms with Gasteiger partial charge in [0.25, 0.3) is 0 Å². The largest absolute Gasteiger partial charge is 0.392 e. The Kier molecular flexibility index (Phi) is 4.31. The van der Waals surface area contributed by atoms with Crippen LogP contribution in [0.5, 0.6) is 0 Å². The lowest BCUT2D eigenvalue weighted by Gasteiger charge is -2.13. The lowest BCUT2D eigenvalue weighted by Crippen LogP contribution is -2.42. The van der Waals surface area contributed by atoms with Gasteiger partial charge in [-0.1, -0.05) is 0 Å². The van der Waals surface area contributed by atoms with E-state index in [0.29, 0.717) is 19.5 Å². The molecule has 82 valence electrons. The molecule has 0 aromatic rings. The highest BCUT2D eigenvalue weighted by Crippen LogP contribution is 2.05. The number of hydrogen-bond donors (Lipinski definition) is 3. The van der Waals surface area contributed by atoms with E-state index in [1.807, 2.05) is 19.0 Å². The molecule has 0 aliphatic carbocycles. The zero-order chi connectivity index (χ0) is 10.6. The summed E-state index contributed by atoms with van der Waals surface area (Å²) in [6, 6.07) is -0.216. The van der Waals surface area contributed by atoms with Crippen LogP contribution in [-0.4, -0.2) is 61.8 Å². The highest BCUT2D eigenvalue weighted by atomic mass is 16.3. The minimum atomic E-state index is -0.375. The molecule has 0 spiro atoms. The first kappa shape index (κ1) is 11.4. The van der Waals surface area contributed by atoms with Crippen molar-refractivity contribution in [3.05, 3.63) is 0 Å². The van der Waals surface area contributed by atoms with Crippen molar-refractivity contribution < 1.29 is 9.90 Å². The molecule has 3 N–H and O–H groups in total. The van der Waals surface area contributed by atoms with E-state index in [4.69, 9.17) is 0 Å². The van der Waals surface area contributed by atoms with Crippen LogP contribution in [0.2, 0.25) is 0 Å². The third kappa shape index (κ3) is 3.61. The van der Waals surface area contributed by atoms with Gasteiger partial charge in [-0.3, -0.25) is 4.79 Å². The molecule has 14 heavy (non-hydrogen) atoms. The zero-order valence-electron chi connectivity index (χ0n) is 8.79. The molecule has 5 nitrogen and oxygen atoms in total. The van der Waals surface area contributed by atoms with Gasteiger partial charge in [-0.25, -0.2) is 0 Å².